The lowest BCUT2D eigenvalue weighted by Gasteiger charge is -2.27. The zero-order valence-electron chi connectivity index (χ0n) is 15.5. The van der Waals surface area contributed by atoms with Crippen molar-refractivity contribution < 1.29 is 19.2 Å². The van der Waals surface area contributed by atoms with Crippen LogP contribution in [0.15, 0.2) is 42.5 Å². The zero-order valence-corrected chi connectivity index (χ0v) is 17.8. The van der Waals surface area contributed by atoms with E-state index in [4.69, 9.17) is 9.26 Å². The van der Waals surface area contributed by atoms with Gasteiger partial charge in [-0.1, -0.05) is 27.6 Å². The molecule has 0 aliphatic rings. The van der Waals surface area contributed by atoms with Crippen LogP contribution >= 0.6 is 18.9 Å². The van der Waals surface area contributed by atoms with Gasteiger partial charge in [0.25, 0.3) is 0 Å². The number of methoxy groups -OCH3 is 1. The van der Waals surface area contributed by atoms with Crippen molar-refractivity contribution in [3.63, 3.8) is 0 Å². The Bertz CT molecular complexity index is 743. The Morgan fingerprint density at radius 2 is 1.96 bits per heavy atom. The maximum atomic E-state index is 10.7. The Kier molecular flexibility index (Phi) is 8.46. The van der Waals surface area contributed by atoms with Crippen molar-refractivity contribution in [2.45, 2.75) is 25.5 Å². The fraction of sp³-hybridized carbons (Fsp3) is 0.316. The van der Waals surface area contributed by atoms with Crippen molar-refractivity contribution in [1.82, 2.24) is 4.67 Å². The molecule has 27 heavy (non-hydrogen) atoms. The van der Waals surface area contributed by atoms with E-state index in [1.807, 2.05) is 28.9 Å². The van der Waals surface area contributed by atoms with Crippen LogP contribution in [-0.2, 0) is 11.2 Å². The number of amides is 1. The van der Waals surface area contributed by atoms with Crippen LogP contribution in [0, 0.1) is 0 Å². The van der Waals surface area contributed by atoms with Gasteiger partial charge in [-0.3, -0.25) is 9.46 Å². The first-order chi connectivity index (χ1) is 13.0. The first kappa shape index (κ1) is 21.6. The van der Waals surface area contributed by atoms with Gasteiger partial charge in [-0.05, 0) is 48.7 Å². The van der Waals surface area contributed by atoms with Crippen LogP contribution in [0.2, 0.25) is 0 Å². The molecule has 0 fully saturated rings. The molecule has 2 aromatic carbocycles. The molecular weight excluding hydrogens is 382 g/mol. The minimum Gasteiger partial charge on any atom is -0.497 e. The Balaban J connectivity index is 1.99. The van der Waals surface area contributed by atoms with E-state index < -0.39 is 6.10 Å². The quantitative estimate of drug-likeness (QED) is 0.467. The Labute approximate surface area is 164 Å². The summed E-state index contributed by atoms with van der Waals surface area (Å²) in [5, 5.41) is 13.2. The van der Waals surface area contributed by atoms with Crippen LogP contribution in [0.25, 0.3) is 0 Å². The van der Waals surface area contributed by atoms with E-state index in [1.54, 1.807) is 25.3 Å². The number of nitrogens with zero attached hydrogens (tertiary/aromatic N) is 1. The maximum absolute atomic E-state index is 10.7. The molecule has 6 nitrogen and oxygen atoms in total. The summed E-state index contributed by atoms with van der Waals surface area (Å²) in [4.78, 5) is 10.7. The molecule has 0 radical (unpaired) electrons. The number of hydrogen-bond donors (Lipinski definition) is 2. The number of benzene rings is 2. The van der Waals surface area contributed by atoms with Crippen LogP contribution in [0.5, 0.6) is 11.5 Å². The van der Waals surface area contributed by atoms with E-state index in [0.717, 1.165) is 12.2 Å². The highest BCUT2D eigenvalue weighted by molar-refractivity contribution is 7.13. The monoisotopic (exact) mass is 408 g/mol. The average molecular weight is 408 g/mol. The molecule has 0 heterocycles. The van der Waals surface area contributed by atoms with Crippen molar-refractivity contribution in [2.75, 3.05) is 19.0 Å². The van der Waals surface area contributed by atoms with Crippen molar-refractivity contribution in [3.05, 3.63) is 53.6 Å². The second kappa shape index (κ2) is 10.6. The average Bonchev–Trinajstić information content (AvgIpc) is 2.68. The number of anilines is 1. The second-order valence-corrected chi connectivity index (χ2v) is 7.15. The lowest BCUT2D eigenvalue weighted by molar-refractivity contribution is -0.105. The molecule has 0 aromatic heterocycles. The standard InChI is InChI=1S/C19H26N2O4P2/c1-13(9-14-3-6-16(24-2)7-4-14)21(26)11-18(23)15-5-8-19(25-27)17(10-15)20-12-22/h3-8,10,12-13,18,23H,9,11,26-27H2,1-2H3,(H,20,22). The minimum atomic E-state index is -0.702. The molecule has 0 spiro atoms. The van der Waals surface area contributed by atoms with Gasteiger partial charge in [-0.2, -0.15) is 0 Å². The van der Waals surface area contributed by atoms with Gasteiger partial charge < -0.3 is 19.7 Å². The van der Waals surface area contributed by atoms with Crippen molar-refractivity contribution in [3.8, 4) is 11.5 Å². The van der Waals surface area contributed by atoms with Gasteiger partial charge in [-0.25, -0.2) is 0 Å². The summed E-state index contributed by atoms with van der Waals surface area (Å²) in [5.74, 6) is 1.35. The summed E-state index contributed by atoms with van der Waals surface area (Å²) >= 11 is 0. The van der Waals surface area contributed by atoms with Crippen molar-refractivity contribution in [2.24, 2.45) is 0 Å². The second-order valence-electron chi connectivity index (χ2n) is 6.25. The van der Waals surface area contributed by atoms with Crippen LogP contribution in [0.4, 0.5) is 5.69 Å². The van der Waals surface area contributed by atoms with Crippen molar-refractivity contribution in [1.29, 1.82) is 0 Å². The number of aliphatic hydroxyl groups is 1. The number of aliphatic hydroxyl groups excluding tert-OH is 1. The fourth-order valence-corrected chi connectivity index (χ4v) is 3.25. The van der Waals surface area contributed by atoms with E-state index in [0.29, 0.717) is 30.0 Å². The molecule has 8 heteroatoms. The van der Waals surface area contributed by atoms with E-state index in [1.165, 1.54) is 5.56 Å². The Morgan fingerprint density at radius 1 is 1.26 bits per heavy atom. The minimum absolute atomic E-state index is 0.209. The highest BCUT2D eigenvalue weighted by Gasteiger charge is 2.17. The SMILES string of the molecule is COc1ccc(CC(C)N(P)CC(O)c2ccc(OP)c(NC=O)c2)cc1. The normalized spacial score (nSPS) is 13.1. The highest BCUT2D eigenvalue weighted by atomic mass is 31.0. The molecule has 0 aliphatic heterocycles. The maximum Gasteiger partial charge on any atom is 0.211 e. The predicted molar refractivity (Wildman–Crippen MR) is 114 cm³/mol. The molecule has 4 unspecified atom stereocenters. The van der Waals surface area contributed by atoms with E-state index in [-0.39, 0.29) is 6.04 Å². The molecule has 0 saturated heterocycles. The molecule has 2 aromatic rings. The molecule has 0 saturated carbocycles. The van der Waals surface area contributed by atoms with E-state index in [9.17, 15) is 9.90 Å². The third kappa shape index (κ3) is 6.15. The summed E-state index contributed by atoms with van der Waals surface area (Å²) in [7, 11) is 6.48. The molecule has 1 amide bonds. The number of carbonyl (C=O) groups is 1. The van der Waals surface area contributed by atoms with Crippen LogP contribution in [0.3, 0.4) is 0 Å². The predicted octanol–water partition coefficient (Wildman–Crippen LogP) is 3.19. The largest absolute Gasteiger partial charge is 0.497 e. The highest BCUT2D eigenvalue weighted by Crippen LogP contribution is 2.30. The smallest absolute Gasteiger partial charge is 0.211 e. The lowest BCUT2D eigenvalue weighted by Crippen LogP contribution is -2.29. The fourth-order valence-electron chi connectivity index (χ4n) is 2.74. The lowest BCUT2D eigenvalue weighted by atomic mass is 10.1. The van der Waals surface area contributed by atoms with Crippen LogP contribution in [0.1, 0.15) is 24.2 Å². The van der Waals surface area contributed by atoms with Gasteiger partial charge in [0.05, 0.1) is 28.4 Å². The van der Waals surface area contributed by atoms with Gasteiger partial charge in [0, 0.05) is 12.6 Å². The van der Waals surface area contributed by atoms with Gasteiger partial charge in [-0.15, -0.1) is 0 Å². The Hall–Kier alpha value is -1.71. The topological polar surface area (TPSA) is 71.0 Å². The Morgan fingerprint density at radius 3 is 2.56 bits per heavy atom. The zero-order chi connectivity index (χ0) is 19.8. The number of carbonyl (C=O) groups excluding carboxylic acids is 1. The number of ether oxygens (including phenoxy) is 1. The summed E-state index contributed by atoms with van der Waals surface area (Å²) in [6.45, 7) is 2.54. The third-order valence-electron chi connectivity index (χ3n) is 4.37. The third-order valence-corrected chi connectivity index (χ3v) is 5.34. The molecule has 146 valence electrons. The van der Waals surface area contributed by atoms with E-state index >= 15 is 0 Å². The van der Waals surface area contributed by atoms with Crippen molar-refractivity contribution >= 4 is 31.0 Å². The molecule has 2 rings (SSSR count). The van der Waals surface area contributed by atoms with Crippen LogP contribution < -0.4 is 14.6 Å². The number of hydrogen-bond acceptors (Lipinski definition) is 5. The first-order valence-corrected chi connectivity index (χ1v) is 9.50. The number of nitrogens with one attached hydrogen (secondary N) is 1. The van der Waals surface area contributed by atoms with Crippen LogP contribution in [-0.4, -0.2) is 35.9 Å². The van der Waals surface area contributed by atoms with Gasteiger partial charge >= 0.3 is 0 Å². The molecular formula is C19H26N2O4P2. The summed E-state index contributed by atoms with van der Waals surface area (Å²) in [6, 6.07) is 13.4. The molecule has 4 atom stereocenters. The molecule has 0 bridgehead atoms. The summed E-state index contributed by atoms with van der Waals surface area (Å²) in [5.41, 5.74) is 2.41. The summed E-state index contributed by atoms with van der Waals surface area (Å²) < 4.78 is 12.3. The molecule has 2 N–H and O–H groups in total. The summed E-state index contributed by atoms with van der Waals surface area (Å²) in [6.07, 6.45) is 0.724. The first-order valence-electron chi connectivity index (χ1n) is 8.51. The van der Waals surface area contributed by atoms with Gasteiger partial charge in [0.15, 0.2) is 0 Å². The number of rotatable bonds is 10. The van der Waals surface area contributed by atoms with Gasteiger partial charge in [0.2, 0.25) is 6.41 Å². The molecule has 0 aliphatic carbocycles. The van der Waals surface area contributed by atoms with Gasteiger partial charge in [0.1, 0.15) is 11.5 Å². The van der Waals surface area contributed by atoms with E-state index in [2.05, 4.69) is 31.1 Å².